The zero-order valence-electron chi connectivity index (χ0n) is 10.0. The lowest BCUT2D eigenvalue weighted by Crippen LogP contribution is -2.02. The highest BCUT2D eigenvalue weighted by atomic mass is 19.1. The highest BCUT2D eigenvalue weighted by Crippen LogP contribution is 2.46. The van der Waals surface area contributed by atoms with Gasteiger partial charge in [-0.25, -0.2) is 9.07 Å². The maximum atomic E-state index is 13.1. The van der Waals surface area contributed by atoms with Crippen LogP contribution < -0.4 is 5.73 Å². The summed E-state index contributed by atoms with van der Waals surface area (Å²) in [6.45, 7) is 2.16. The Morgan fingerprint density at radius 2 is 2.33 bits per heavy atom. The third-order valence-electron chi connectivity index (χ3n) is 3.47. The van der Waals surface area contributed by atoms with E-state index < -0.39 is 5.82 Å². The normalized spacial score (nSPS) is 22.1. The Kier molecular flexibility index (Phi) is 2.50. The monoisotopic (exact) mass is 247 g/mol. The van der Waals surface area contributed by atoms with E-state index in [1.807, 2.05) is 4.68 Å². The summed E-state index contributed by atoms with van der Waals surface area (Å²) in [6.07, 6.45) is 2.22. The molecule has 2 atom stereocenters. The van der Waals surface area contributed by atoms with E-state index in [2.05, 4.69) is 22.4 Å². The molecule has 94 valence electrons. The fourth-order valence-corrected chi connectivity index (χ4v) is 2.26. The molecule has 1 aliphatic carbocycles. The van der Waals surface area contributed by atoms with Crippen molar-refractivity contribution in [3.8, 4) is 11.4 Å². The molecule has 1 aliphatic rings. The van der Waals surface area contributed by atoms with Crippen molar-refractivity contribution in [3.63, 3.8) is 0 Å². The van der Waals surface area contributed by atoms with Crippen LogP contribution in [0.2, 0.25) is 0 Å². The van der Waals surface area contributed by atoms with Gasteiger partial charge >= 0.3 is 0 Å². The smallest absolute Gasteiger partial charge is 0.182 e. The highest BCUT2D eigenvalue weighted by molar-refractivity contribution is 5.61. The van der Waals surface area contributed by atoms with Crippen molar-refractivity contribution in [1.82, 2.24) is 20.2 Å². The van der Waals surface area contributed by atoms with Gasteiger partial charge in [0.2, 0.25) is 0 Å². The van der Waals surface area contributed by atoms with Gasteiger partial charge in [-0.05, 0) is 41.0 Å². The van der Waals surface area contributed by atoms with Gasteiger partial charge in [0, 0.05) is 5.56 Å². The number of anilines is 1. The van der Waals surface area contributed by atoms with E-state index in [4.69, 9.17) is 5.73 Å². The minimum Gasteiger partial charge on any atom is -0.396 e. The van der Waals surface area contributed by atoms with Crippen molar-refractivity contribution >= 4 is 5.69 Å². The number of nitrogen functional groups attached to an aromatic ring is 1. The molecule has 2 aromatic rings. The molecule has 0 spiro atoms. The molecule has 1 aromatic heterocycles. The second kappa shape index (κ2) is 4.04. The van der Waals surface area contributed by atoms with Gasteiger partial charge in [-0.3, -0.25) is 0 Å². The number of rotatable bonds is 3. The Hall–Kier alpha value is -1.98. The van der Waals surface area contributed by atoms with Crippen molar-refractivity contribution in [2.75, 3.05) is 5.73 Å². The van der Waals surface area contributed by atoms with E-state index in [1.54, 1.807) is 12.1 Å². The van der Waals surface area contributed by atoms with Gasteiger partial charge in [0.05, 0.1) is 11.7 Å². The second-order valence-electron chi connectivity index (χ2n) is 4.65. The van der Waals surface area contributed by atoms with Gasteiger partial charge in [-0.15, -0.1) is 5.10 Å². The van der Waals surface area contributed by atoms with Crippen molar-refractivity contribution in [2.24, 2.45) is 5.92 Å². The lowest BCUT2D eigenvalue weighted by molar-refractivity contribution is 0.563. The molecule has 0 amide bonds. The fraction of sp³-hybridized carbons (Fsp3) is 0.417. The quantitative estimate of drug-likeness (QED) is 0.842. The van der Waals surface area contributed by atoms with Crippen molar-refractivity contribution in [2.45, 2.75) is 25.8 Å². The lowest BCUT2D eigenvalue weighted by atomic mass is 10.2. The molecule has 2 unspecified atom stereocenters. The second-order valence-corrected chi connectivity index (χ2v) is 4.65. The Bertz CT molecular complexity index is 580. The number of aromatic nitrogens is 4. The van der Waals surface area contributed by atoms with E-state index in [0.717, 1.165) is 18.4 Å². The van der Waals surface area contributed by atoms with Crippen LogP contribution in [-0.4, -0.2) is 20.2 Å². The van der Waals surface area contributed by atoms with Crippen LogP contribution in [0.15, 0.2) is 18.2 Å². The molecular formula is C12H14FN5. The Labute approximate surface area is 104 Å². The average molecular weight is 247 g/mol. The van der Waals surface area contributed by atoms with Crippen LogP contribution >= 0.6 is 0 Å². The molecule has 1 fully saturated rings. The van der Waals surface area contributed by atoms with Gasteiger partial charge in [0.25, 0.3) is 0 Å². The standard InChI is InChI=1S/C12H14FN5/c1-2-7-6-11(7)18-12(15-16-17-18)8-3-4-9(13)10(14)5-8/h3-5,7,11H,2,6,14H2,1H3. The molecule has 0 saturated heterocycles. The summed E-state index contributed by atoms with van der Waals surface area (Å²) in [5.41, 5.74) is 6.44. The first kappa shape index (κ1) is 11.1. The van der Waals surface area contributed by atoms with Gasteiger partial charge < -0.3 is 5.73 Å². The third-order valence-corrected chi connectivity index (χ3v) is 3.47. The molecule has 2 N–H and O–H groups in total. The van der Waals surface area contributed by atoms with E-state index in [0.29, 0.717) is 17.8 Å². The number of hydrogen-bond acceptors (Lipinski definition) is 4. The van der Waals surface area contributed by atoms with E-state index in [9.17, 15) is 4.39 Å². The van der Waals surface area contributed by atoms with Crippen LogP contribution in [0.5, 0.6) is 0 Å². The molecule has 0 aliphatic heterocycles. The van der Waals surface area contributed by atoms with Crippen LogP contribution in [0.3, 0.4) is 0 Å². The largest absolute Gasteiger partial charge is 0.396 e. The summed E-state index contributed by atoms with van der Waals surface area (Å²) in [5, 5.41) is 11.7. The van der Waals surface area contributed by atoms with Gasteiger partial charge in [-0.2, -0.15) is 0 Å². The van der Waals surface area contributed by atoms with Crippen LogP contribution in [0, 0.1) is 11.7 Å². The Morgan fingerprint density at radius 3 is 3.00 bits per heavy atom. The summed E-state index contributed by atoms with van der Waals surface area (Å²) in [4.78, 5) is 0. The summed E-state index contributed by atoms with van der Waals surface area (Å²) in [6, 6.07) is 4.93. The predicted molar refractivity (Wildman–Crippen MR) is 65.1 cm³/mol. The van der Waals surface area contributed by atoms with Crippen molar-refractivity contribution in [1.29, 1.82) is 0 Å². The Balaban J connectivity index is 1.97. The van der Waals surface area contributed by atoms with Gasteiger partial charge in [-0.1, -0.05) is 13.3 Å². The summed E-state index contributed by atoms with van der Waals surface area (Å²) in [5.74, 6) is 0.878. The maximum Gasteiger partial charge on any atom is 0.182 e. The average Bonchev–Trinajstić information content (AvgIpc) is 3.00. The molecule has 0 radical (unpaired) electrons. The highest BCUT2D eigenvalue weighted by Gasteiger charge is 2.39. The van der Waals surface area contributed by atoms with Crippen LogP contribution in [-0.2, 0) is 0 Å². The number of nitrogens with two attached hydrogens (primary N) is 1. The first-order valence-electron chi connectivity index (χ1n) is 6.04. The SMILES string of the molecule is CCC1CC1n1nnnc1-c1ccc(F)c(N)c1. The molecule has 0 bridgehead atoms. The minimum atomic E-state index is -0.421. The molecular weight excluding hydrogens is 233 g/mol. The fourth-order valence-electron chi connectivity index (χ4n) is 2.26. The summed E-state index contributed by atoms with van der Waals surface area (Å²) in [7, 11) is 0. The number of benzene rings is 1. The van der Waals surface area contributed by atoms with Crippen molar-refractivity contribution < 1.29 is 4.39 Å². The first-order chi connectivity index (χ1) is 8.70. The molecule has 18 heavy (non-hydrogen) atoms. The van der Waals surface area contributed by atoms with E-state index >= 15 is 0 Å². The number of halogens is 1. The predicted octanol–water partition coefficient (Wildman–Crippen LogP) is 2.03. The molecule has 3 rings (SSSR count). The zero-order valence-corrected chi connectivity index (χ0v) is 10.0. The number of nitrogens with zero attached hydrogens (tertiary/aromatic N) is 4. The third kappa shape index (κ3) is 1.73. The molecule has 1 saturated carbocycles. The summed E-state index contributed by atoms with van der Waals surface area (Å²) < 4.78 is 15.0. The van der Waals surface area contributed by atoms with Gasteiger partial charge in [0.15, 0.2) is 5.82 Å². The summed E-state index contributed by atoms with van der Waals surface area (Å²) >= 11 is 0. The lowest BCUT2D eigenvalue weighted by Gasteiger charge is -2.05. The zero-order chi connectivity index (χ0) is 12.7. The van der Waals surface area contributed by atoms with Crippen LogP contribution in [0.25, 0.3) is 11.4 Å². The Morgan fingerprint density at radius 1 is 1.50 bits per heavy atom. The topological polar surface area (TPSA) is 69.6 Å². The van der Waals surface area contributed by atoms with Crippen LogP contribution in [0.1, 0.15) is 25.8 Å². The van der Waals surface area contributed by atoms with E-state index in [1.165, 1.54) is 6.07 Å². The van der Waals surface area contributed by atoms with E-state index in [-0.39, 0.29) is 5.69 Å². The number of tetrazole rings is 1. The van der Waals surface area contributed by atoms with Gasteiger partial charge in [0.1, 0.15) is 5.82 Å². The molecule has 1 heterocycles. The first-order valence-corrected chi connectivity index (χ1v) is 6.04. The maximum absolute atomic E-state index is 13.1. The van der Waals surface area contributed by atoms with Crippen molar-refractivity contribution in [3.05, 3.63) is 24.0 Å². The molecule has 5 nitrogen and oxygen atoms in total. The number of hydrogen-bond donors (Lipinski definition) is 1. The molecule has 1 aromatic carbocycles. The van der Waals surface area contributed by atoms with Crippen LogP contribution in [0.4, 0.5) is 10.1 Å². The minimum absolute atomic E-state index is 0.116. The molecule has 6 heteroatoms.